The van der Waals surface area contributed by atoms with E-state index < -0.39 is 9.62 Å². The van der Waals surface area contributed by atoms with Crippen molar-refractivity contribution in [3.05, 3.63) is 138 Å². The van der Waals surface area contributed by atoms with Crippen LogP contribution in [0.15, 0.2) is 115 Å². The Morgan fingerprint density at radius 1 is 0.567 bits per heavy atom. The van der Waals surface area contributed by atoms with Crippen LogP contribution in [0.5, 0.6) is 0 Å². The Kier molecular flexibility index (Phi) is 3.71. The van der Waals surface area contributed by atoms with Gasteiger partial charge < -0.3 is 0 Å². The molecular formula is C27H19NOS. The highest BCUT2D eigenvalue weighted by molar-refractivity contribution is 8.03. The van der Waals surface area contributed by atoms with Crippen molar-refractivity contribution in [3.63, 3.8) is 0 Å². The minimum atomic E-state index is -0.760. The molecule has 0 aliphatic carbocycles. The Hall–Kier alpha value is -3.30. The molecule has 0 aromatic heterocycles. The molecule has 0 radical (unpaired) electrons. The summed E-state index contributed by atoms with van der Waals surface area (Å²) in [6.07, 6.45) is 0. The summed E-state index contributed by atoms with van der Waals surface area (Å²) in [6, 6.07) is 39.1. The van der Waals surface area contributed by atoms with Crippen LogP contribution in [0.25, 0.3) is 0 Å². The summed E-state index contributed by atoms with van der Waals surface area (Å²) >= 11 is 1.75. The topological polar surface area (TPSA) is 20.3 Å². The minimum absolute atomic E-state index is 0.118. The number of hydrogen-bond acceptors (Lipinski definition) is 2. The molecule has 30 heavy (non-hydrogen) atoms. The summed E-state index contributed by atoms with van der Waals surface area (Å²) in [7, 11) is 0. The number of rotatable bonds is 3. The van der Waals surface area contributed by atoms with Gasteiger partial charge in [0.05, 0.1) is 0 Å². The average Bonchev–Trinajstić information content (AvgIpc) is 3.29. The van der Waals surface area contributed by atoms with Crippen LogP contribution in [0.1, 0.15) is 22.3 Å². The summed E-state index contributed by atoms with van der Waals surface area (Å²) in [5.41, 5.74) is 5.36. The van der Waals surface area contributed by atoms with Gasteiger partial charge in [-0.15, -0.1) is 0 Å². The Morgan fingerprint density at radius 2 is 1.07 bits per heavy atom. The summed E-state index contributed by atoms with van der Waals surface area (Å²) in [5, 5.41) is 0. The molecule has 3 heteroatoms. The zero-order valence-electron chi connectivity index (χ0n) is 16.2. The van der Waals surface area contributed by atoms with Gasteiger partial charge in [0.25, 0.3) is 5.91 Å². The fourth-order valence-electron chi connectivity index (χ4n) is 4.94. The maximum Gasteiger partial charge on any atom is 0.254 e. The van der Waals surface area contributed by atoms with Gasteiger partial charge in [0.1, 0.15) is 9.62 Å². The molecule has 2 nitrogen and oxygen atoms in total. The van der Waals surface area contributed by atoms with Crippen LogP contribution in [-0.4, -0.2) is 5.91 Å². The van der Waals surface area contributed by atoms with E-state index >= 15 is 0 Å². The molecule has 1 saturated heterocycles. The number of nitrogens with zero attached hydrogens (tertiary/aromatic N) is 1. The second kappa shape index (κ2) is 6.35. The van der Waals surface area contributed by atoms with E-state index in [9.17, 15) is 4.79 Å². The number of amides is 1. The first-order chi connectivity index (χ1) is 14.8. The summed E-state index contributed by atoms with van der Waals surface area (Å²) < 4.78 is -0.760. The van der Waals surface area contributed by atoms with Gasteiger partial charge in [-0.1, -0.05) is 115 Å². The third kappa shape index (κ3) is 2.08. The molecule has 2 atom stereocenters. The molecule has 0 spiro atoms. The minimum Gasteiger partial charge on any atom is -0.287 e. The lowest BCUT2D eigenvalue weighted by molar-refractivity contribution is -0.120. The number of anilines is 1. The number of benzene rings is 4. The molecule has 1 amide bonds. The first-order valence-electron chi connectivity index (χ1n) is 10.1. The third-order valence-electron chi connectivity index (χ3n) is 6.15. The molecule has 4 aromatic rings. The highest BCUT2D eigenvalue weighted by atomic mass is 32.2. The quantitative estimate of drug-likeness (QED) is 0.421. The van der Waals surface area contributed by atoms with E-state index in [1.165, 1.54) is 5.56 Å². The molecular weight excluding hydrogens is 386 g/mol. The lowest BCUT2D eigenvalue weighted by Gasteiger charge is -2.40. The van der Waals surface area contributed by atoms with E-state index in [0.29, 0.717) is 0 Å². The monoisotopic (exact) mass is 405 g/mol. The van der Waals surface area contributed by atoms with Gasteiger partial charge in [0, 0.05) is 5.69 Å². The Labute approximate surface area is 180 Å². The first kappa shape index (κ1) is 17.5. The maximum atomic E-state index is 14.3. The van der Waals surface area contributed by atoms with E-state index in [1.807, 2.05) is 65.6 Å². The van der Waals surface area contributed by atoms with Gasteiger partial charge in [0.15, 0.2) is 0 Å². The molecule has 1 fully saturated rings. The predicted octanol–water partition coefficient (Wildman–Crippen LogP) is 5.92. The standard InChI is InChI=1S/C27H19NOS/c29-25-26(20-12-4-1-5-13-20)23-18-10-11-19-24(23)27(30-26,21-14-6-2-7-15-21)28(25)22-16-8-3-9-17-22/h1-19H. The van der Waals surface area contributed by atoms with Crippen molar-refractivity contribution in [2.75, 3.05) is 4.90 Å². The van der Waals surface area contributed by atoms with Gasteiger partial charge in [-0.2, -0.15) is 0 Å². The number of para-hydroxylation sites is 1. The van der Waals surface area contributed by atoms with Crippen LogP contribution < -0.4 is 4.90 Å². The van der Waals surface area contributed by atoms with E-state index in [0.717, 1.165) is 22.4 Å². The smallest absolute Gasteiger partial charge is 0.254 e. The summed E-state index contributed by atoms with van der Waals surface area (Å²) in [6.45, 7) is 0. The molecule has 2 unspecified atom stereocenters. The lowest BCUT2D eigenvalue weighted by Crippen LogP contribution is -2.49. The van der Waals surface area contributed by atoms with Crippen molar-refractivity contribution in [1.82, 2.24) is 0 Å². The van der Waals surface area contributed by atoms with Crippen LogP contribution in [-0.2, 0) is 14.4 Å². The highest BCUT2D eigenvalue weighted by Crippen LogP contribution is 2.71. The number of carbonyl (C=O) groups excluding carboxylic acids is 1. The predicted molar refractivity (Wildman–Crippen MR) is 122 cm³/mol. The third-order valence-corrected chi connectivity index (χ3v) is 8.02. The van der Waals surface area contributed by atoms with Crippen molar-refractivity contribution < 1.29 is 4.79 Å². The van der Waals surface area contributed by atoms with Crippen LogP contribution in [0, 0.1) is 0 Å². The van der Waals surface area contributed by atoms with Crippen molar-refractivity contribution in [3.8, 4) is 0 Å². The van der Waals surface area contributed by atoms with Gasteiger partial charge in [0.2, 0.25) is 0 Å². The Bertz CT molecular complexity index is 1240. The molecule has 0 N–H and O–H groups in total. The maximum absolute atomic E-state index is 14.3. The van der Waals surface area contributed by atoms with Gasteiger partial charge in [-0.05, 0) is 34.4 Å². The van der Waals surface area contributed by atoms with Crippen molar-refractivity contribution in [2.45, 2.75) is 9.62 Å². The molecule has 4 aromatic carbocycles. The second-order valence-corrected chi connectivity index (χ2v) is 9.09. The Balaban J connectivity index is 1.73. The summed E-state index contributed by atoms with van der Waals surface area (Å²) in [4.78, 5) is 15.7. The summed E-state index contributed by atoms with van der Waals surface area (Å²) in [5.74, 6) is 0.118. The van der Waals surface area contributed by atoms with Crippen LogP contribution in [0.4, 0.5) is 5.69 Å². The van der Waals surface area contributed by atoms with E-state index in [2.05, 4.69) is 54.6 Å². The molecule has 2 bridgehead atoms. The number of hydrogen-bond donors (Lipinski definition) is 0. The molecule has 2 aliphatic rings. The fourth-order valence-corrected chi connectivity index (χ4v) is 6.92. The normalized spacial score (nSPS) is 24.1. The number of thioether (sulfide) groups is 1. The zero-order chi connectivity index (χ0) is 20.2. The van der Waals surface area contributed by atoms with Crippen molar-refractivity contribution in [1.29, 1.82) is 0 Å². The van der Waals surface area contributed by atoms with Crippen LogP contribution in [0.2, 0.25) is 0 Å². The van der Waals surface area contributed by atoms with E-state index in [-0.39, 0.29) is 5.91 Å². The van der Waals surface area contributed by atoms with Crippen molar-refractivity contribution >= 4 is 23.4 Å². The van der Waals surface area contributed by atoms with Gasteiger partial charge >= 0.3 is 0 Å². The first-order valence-corrected chi connectivity index (χ1v) is 10.9. The number of fused-ring (bicyclic) bond motifs is 5. The second-order valence-electron chi connectivity index (χ2n) is 7.68. The fraction of sp³-hybridized carbons (Fsp3) is 0.0741. The number of carbonyl (C=O) groups is 1. The zero-order valence-corrected chi connectivity index (χ0v) is 17.0. The van der Waals surface area contributed by atoms with Gasteiger partial charge in [-0.25, -0.2) is 0 Å². The largest absolute Gasteiger partial charge is 0.287 e. The van der Waals surface area contributed by atoms with Crippen LogP contribution >= 0.6 is 11.8 Å². The van der Waals surface area contributed by atoms with E-state index in [1.54, 1.807) is 11.8 Å². The van der Waals surface area contributed by atoms with Crippen molar-refractivity contribution in [2.24, 2.45) is 0 Å². The highest BCUT2D eigenvalue weighted by Gasteiger charge is 2.70. The van der Waals surface area contributed by atoms with E-state index in [4.69, 9.17) is 0 Å². The average molecular weight is 406 g/mol. The van der Waals surface area contributed by atoms with Gasteiger partial charge in [-0.3, -0.25) is 9.69 Å². The molecule has 2 heterocycles. The SMILES string of the molecule is O=C1N(c2ccccc2)C2(c3ccccc3)SC1(c1ccccc1)c1ccccc12. The Morgan fingerprint density at radius 3 is 1.70 bits per heavy atom. The lowest BCUT2D eigenvalue weighted by atomic mass is 9.78. The molecule has 144 valence electrons. The molecule has 6 rings (SSSR count). The molecule has 2 aliphatic heterocycles. The van der Waals surface area contributed by atoms with Crippen LogP contribution in [0.3, 0.4) is 0 Å². The molecule has 0 saturated carbocycles.